The van der Waals surface area contributed by atoms with Crippen LogP contribution in [0.2, 0.25) is 0 Å². The summed E-state index contributed by atoms with van der Waals surface area (Å²) < 4.78 is 0. The number of aromatic amines is 1. The number of aryl methyl sites for hydroxylation is 1. The number of fused-ring (bicyclic) bond motifs is 1. The molecule has 3 rings (SSSR count). The van der Waals surface area contributed by atoms with Crippen LogP contribution in [0, 0.1) is 0 Å². The maximum absolute atomic E-state index is 9.55. The largest absolute Gasteiger partial charge is 0.508 e. The van der Waals surface area contributed by atoms with Gasteiger partial charge in [0.15, 0.2) is 0 Å². The highest BCUT2D eigenvalue weighted by Gasteiger charge is 2.08. The van der Waals surface area contributed by atoms with Crippen LogP contribution < -0.4 is 0 Å². The standard InChI is InChI=1S/C16H15NOS/c1-2-11-9-12(18)7-8-15(11)19-16-10-17-14-6-4-3-5-13(14)16/h3-10,17-18H,2H2,1H3. The van der Waals surface area contributed by atoms with E-state index in [1.165, 1.54) is 20.7 Å². The Morgan fingerprint density at radius 3 is 2.79 bits per heavy atom. The fourth-order valence-corrected chi connectivity index (χ4v) is 3.30. The Balaban J connectivity index is 2.01. The van der Waals surface area contributed by atoms with E-state index in [2.05, 4.69) is 30.1 Å². The third kappa shape index (κ3) is 2.34. The molecule has 19 heavy (non-hydrogen) atoms. The smallest absolute Gasteiger partial charge is 0.115 e. The molecule has 0 aliphatic heterocycles. The zero-order valence-corrected chi connectivity index (χ0v) is 11.5. The lowest BCUT2D eigenvalue weighted by molar-refractivity contribution is 0.474. The fraction of sp³-hybridized carbons (Fsp3) is 0.125. The van der Waals surface area contributed by atoms with Gasteiger partial charge in [-0.25, -0.2) is 0 Å². The van der Waals surface area contributed by atoms with Gasteiger partial charge in [0.2, 0.25) is 0 Å². The molecule has 0 atom stereocenters. The Morgan fingerprint density at radius 2 is 1.95 bits per heavy atom. The number of benzene rings is 2. The van der Waals surface area contributed by atoms with E-state index in [0.29, 0.717) is 5.75 Å². The zero-order chi connectivity index (χ0) is 13.2. The molecule has 3 aromatic rings. The molecule has 0 spiro atoms. The second-order valence-electron chi connectivity index (χ2n) is 4.45. The third-order valence-corrected chi connectivity index (χ3v) is 4.37. The van der Waals surface area contributed by atoms with Crippen molar-refractivity contribution in [3.8, 4) is 5.75 Å². The molecule has 0 bridgehead atoms. The van der Waals surface area contributed by atoms with Crippen molar-refractivity contribution in [3.63, 3.8) is 0 Å². The first kappa shape index (κ1) is 12.2. The van der Waals surface area contributed by atoms with Crippen molar-refractivity contribution in [2.75, 3.05) is 0 Å². The van der Waals surface area contributed by atoms with E-state index < -0.39 is 0 Å². The molecule has 0 saturated carbocycles. The molecule has 1 heterocycles. The van der Waals surface area contributed by atoms with Crippen molar-refractivity contribution >= 4 is 22.7 Å². The van der Waals surface area contributed by atoms with Crippen molar-refractivity contribution in [2.24, 2.45) is 0 Å². The summed E-state index contributed by atoms with van der Waals surface area (Å²) in [4.78, 5) is 5.70. The molecule has 0 radical (unpaired) electrons. The van der Waals surface area contributed by atoms with Crippen LogP contribution in [0.4, 0.5) is 0 Å². The molecule has 2 nitrogen and oxygen atoms in total. The molecule has 96 valence electrons. The number of para-hydroxylation sites is 1. The van der Waals surface area contributed by atoms with E-state index in [0.717, 1.165) is 11.9 Å². The summed E-state index contributed by atoms with van der Waals surface area (Å²) in [6.07, 6.45) is 2.96. The SMILES string of the molecule is CCc1cc(O)ccc1Sc1c[nH]c2ccccc12. The van der Waals surface area contributed by atoms with Crippen molar-refractivity contribution < 1.29 is 5.11 Å². The molecule has 0 fully saturated rings. The van der Waals surface area contributed by atoms with Gasteiger partial charge in [0.25, 0.3) is 0 Å². The zero-order valence-electron chi connectivity index (χ0n) is 10.7. The van der Waals surface area contributed by atoms with Crippen LogP contribution in [-0.4, -0.2) is 10.1 Å². The monoisotopic (exact) mass is 269 g/mol. The van der Waals surface area contributed by atoms with E-state index in [4.69, 9.17) is 0 Å². The lowest BCUT2D eigenvalue weighted by atomic mass is 10.2. The highest BCUT2D eigenvalue weighted by Crippen LogP contribution is 2.36. The highest BCUT2D eigenvalue weighted by atomic mass is 32.2. The van der Waals surface area contributed by atoms with Crippen molar-refractivity contribution in [1.29, 1.82) is 0 Å². The van der Waals surface area contributed by atoms with Crippen LogP contribution in [0.3, 0.4) is 0 Å². The molecular weight excluding hydrogens is 254 g/mol. The number of nitrogens with one attached hydrogen (secondary N) is 1. The number of hydrogen-bond acceptors (Lipinski definition) is 2. The van der Waals surface area contributed by atoms with Gasteiger partial charge < -0.3 is 10.1 Å². The van der Waals surface area contributed by atoms with Gasteiger partial charge in [-0.1, -0.05) is 36.9 Å². The van der Waals surface area contributed by atoms with E-state index >= 15 is 0 Å². The summed E-state index contributed by atoms with van der Waals surface area (Å²) in [5.74, 6) is 0.333. The summed E-state index contributed by atoms with van der Waals surface area (Å²) in [6, 6.07) is 13.9. The quantitative estimate of drug-likeness (QED) is 0.729. The molecule has 2 aromatic carbocycles. The molecule has 0 saturated heterocycles. The van der Waals surface area contributed by atoms with Gasteiger partial charge >= 0.3 is 0 Å². The van der Waals surface area contributed by atoms with Gasteiger partial charge in [-0.3, -0.25) is 0 Å². The fourth-order valence-electron chi connectivity index (χ4n) is 2.19. The predicted octanol–water partition coefficient (Wildman–Crippen LogP) is 4.59. The van der Waals surface area contributed by atoms with Crippen LogP contribution in [0.5, 0.6) is 5.75 Å². The van der Waals surface area contributed by atoms with Gasteiger partial charge in [-0.2, -0.15) is 0 Å². The number of aromatic hydroxyl groups is 1. The number of phenolic OH excluding ortho intramolecular Hbond substituents is 1. The first-order valence-electron chi connectivity index (χ1n) is 6.34. The first-order valence-corrected chi connectivity index (χ1v) is 7.15. The van der Waals surface area contributed by atoms with Crippen LogP contribution >= 0.6 is 11.8 Å². The first-order chi connectivity index (χ1) is 9.28. The van der Waals surface area contributed by atoms with Crippen molar-refractivity contribution in [1.82, 2.24) is 4.98 Å². The molecule has 1 aromatic heterocycles. The minimum atomic E-state index is 0.333. The Kier molecular flexibility index (Phi) is 3.22. The average molecular weight is 269 g/mol. The molecule has 3 heteroatoms. The normalized spacial score (nSPS) is 11.0. The number of phenols is 1. The van der Waals surface area contributed by atoms with E-state index in [-0.39, 0.29) is 0 Å². The Bertz CT molecular complexity index is 718. The Labute approximate surface area is 116 Å². The van der Waals surface area contributed by atoms with Crippen molar-refractivity contribution in [2.45, 2.75) is 23.1 Å². The van der Waals surface area contributed by atoms with Crippen LogP contribution in [-0.2, 0) is 6.42 Å². The minimum Gasteiger partial charge on any atom is -0.508 e. The minimum absolute atomic E-state index is 0.333. The van der Waals surface area contributed by atoms with Crippen LogP contribution in [0.1, 0.15) is 12.5 Å². The van der Waals surface area contributed by atoms with Gasteiger partial charge in [0.05, 0.1) is 0 Å². The van der Waals surface area contributed by atoms with E-state index in [9.17, 15) is 5.11 Å². The molecule has 2 N–H and O–H groups in total. The van der Waals surface area contributed by atoms with Gasteiger partial charge in [-0.05, 0) is 36.2 Å². The number of H-pyrrole nitrogens is 1. The Hall–Kier alpha value is -1.87. The maximum atomic E-state index is 9.55. The van der Waals surface area contributed by atoms with Gasteiger partial charge in [-0.15, -0.1) is 0 Å². The highest BCUT2D eigenvalue weighted by molar-refractivity contribution is 7.99. The number of hydrogen-bond donors (Lipinski definition) is 2. The van der Waals surface area contributed by atoms with E-state index in [1.807, 2.05) is 24.4 Å². The molecule has 0 aliphatic rings. The summed E-state index contributed by atoms with van der Waals surface area (Å²) in [5, 5.41) is 10.8. The molecule has 0 unspecified atom stereocenters. The maximum Gasteiger partial charge on any atom is 0.115 e. The summed E-state index contributed by atoms with van der Waals surface area (Å²) in [7, 11) is 0. The van der Waals surface area contributed by atoms with Gasteiger partial charge in [0, 0.05) is 26.9 Å². The number of aromatic nitrogens is 1. The van der Waals surface area contributed by atoms with E-state index in [1.54, 1.807) is 17.8 Å². The molecule has 0 aliphatic carbocycles. The average Bonchev–Trinajstić information content (AvgIpc) is 2.84. The molecular formula is C16H15NOS. The predicted molar refractivity (Wildman–Crippen MR) is 79.9 cm³/mol. The summed E-state index contributed by atoms with van der Waals surface area (Å²) in [6.45, 7) is 2.11. The lowest BCUT2D eigenvalue weighted by Crippen LogP contribution is -1.84. The summed E-state index contributed by atoms with van der Waals surface area (Å²) in [5.41, 5.74) is 2.33. The molecule has 0 amide bonds. The van der Waals surface area contributed by atoms with Gasteiger partial charge in [0.1, 0.15) is 5.75 Å². The second kappa shape index (κ2) is 5.02. The topological polar surface area (TPSA) is 36.0 Å². The number of rotatable bonds is 3. The van der Waals surface area contributed by atoms with Crippen LogP contribution in [0.15, 0.2) is 58.5 Å². The van der Waals surface area contributed by atoms with Crippen molar-refractivity contribution in [3.05, 3.63) is 54.2 Å². The summed E-state index contributed by atoms with van der Waals surface area (Å²) >= 11 is 1.74. The Morgan fingerprint density at radius 1 is 1.11 bits per heavy atom. The van der Waals surface area contributed by atoms with Crippen LogP contribution in [0.25, 0.3) is 10.9 Å². The second-order valence-corrected chi connectivity index (χ2v) is 5.53. The lowest BCUT2D eigenvalue weighted by Gasteiger charge is -2.07. The third-order valence-electron chi connectivity index (χ3n) is 3.20.